The van der Waals surface area contributed by atoms with Gasteiger partial charge in [-0.25, -0.2) is 0 Å². The van der Waals surface area contributed by atoms with E-state index in [2.05, 4.69) is 15.9 Å². The Labute approximate surface area is 85.0 Å². The van der Waals surface area contributed by atoms with Crippen LogP contribution in [-0.2, 0) is 4.79 Å². The third kappa shape index (κ3) is 3.57. The summed E-state index contributed by atoms with van der Waals surface area (Å²) in [4.78, 5) is 11.0. The molecule has 0 saturated carbocycles. The topological polar surface area (TPSA) is 52.3 Å². The monoisotopic (exact) mass is 243 g/mol. The van der Waals surface area contributed by atoms with E-state index in [1.807, 2.05) is 6.07 Å². The second-order valence-corrected chi connectivity index (χ2v) is 3.39. The fraction of sp³-hybridized carbons (Fsp3) is 0.222. The molecule has 0 aliphatic rings. The molecule has 0 fully saturated rings. The van der Waals surface area contributed by atoms with Gasteiger partial charge in [-0.2, -0.15) is 0 Å². The molecule has 0 heterocycles. The molecule has 0 unspecified atom stereocenters. The van der Waals surface area contributed by atoms with E-state index in [0.717, 1.165) is 4.47 Å². The van der Waals surface area contributed by atoms with Gasteiger partial charge in [0.2, 0.25) is 0 Å². The number of carbonyl (C=O) groups excluding carboxylic acids is 1. The van der Waals surface area contributed by atoms with E-state index >= 15 is 0 Å². The maximum atomic E-state index is 11.0. The van der Waals surface area contributed by atoms with Gasteiger partial charge in [-0.05, 0) is 18.2 Å². The summed E-state index contributed by atoms with van der Waals surface area (Å²) in [5, 5.41) is 0. The predicted molar refractivity (Wildman–Crippen MR) is 53.4 cm³/mol. The van der Waals surface area contributed by atoms with Gasteiger partial charge < -0.3 is 10.5 Å². The number of hydrogen-bond donors (Lipinski definition) is 1. The van der Waals surface area contributed by atoms with Gasteiger partial charge in [-0.1, -0.05) is 22.0 Å². The summed E-state index contributed by atoms with van der Waals surface area (Å²) in [6, 6.07) is 7.11. The molecule has 1 rings (SSSR count). The number of esters is 1. The van der Waals surface area contributed by atoms with Crippen LogP contribution in [0.15, 0.2) is 28.7 Å². The lowest BCUT2D eigenvalue weighted by atomic mass is 10.3. The third-order valence-electron chi connectivity index (χ3n) is 1.38. The summed E-state index contributed by atoms with van der Waals surface area (Å²) in [7, 11) is 0. The minimum absolute atomic E-state index is 0.243. The Balaban J connectivity index is 2.58. The normalized spacial score (nSPS) is 9.69. The van der Waals surface area contributed by atoms with Gasteiger partial charge in [0.25, 0.3) is 0 Å². The van der Waals surface area contributed by atoms with E-state index < -0.39 is 0 Å². The van der Waals surface area contributed by atoms with Crippen LogP contribution in [0, 0.1) is 0 Å². The smallest absolute Gasteiger partial charge is 0.312 e. The minimum Gasteiger partial charge on any atom is -0.426 e. The minimum atomic E-state index is -0.305. The molecule has 2 N–H and O–H groups in total. The molecular weight excluding hydrogens is 234 g/mol. The molecule has 0 aromatic heterocycles. The zero-order valence-corrected chi connectivity index (χ0v) is 8.58. The first-order valence-electron chi connectivity index (χ1n) is 3.88. The molecule has 4 heteroatoms. The maximum Gasteiger partial charge on any atom is 0.312 e. The number of carbonyl (C=O) groups is 1. The van der Waals surface area contributed by atoms with Crippen LogP contribution in [0.25, 0.3) is 0 Å². The van der Waals surface area contributed by atoms with Crippen molar-refractivity contribution in [3.63, 3.8) is 0 Å². The van der Waals surface area contributed by atoms with Gasteiger partial charge in [0.15, 0.2) is 0 Å². The maximum absolute atomic E-state index is 11.0. The summed E-state index contributed by atoms with van der Waals surface area (Å²) >= 11 is 3.28. The summed E-state index contributed by atoms with van der Waals surface area (Å²) in [5.41, 5.74) is 5.20. The van der Waals surface area contributed by atoms with Crippen molar-refractivity contribution in [1.82, 2.24) is 0 Å². The van der Waals surface area contributed by atoms with Crippen molar-refractivity contribution < 1.29 is 9.53 Å². The lowest BCUT2D eigenvalue weighted by Crippen LogP contribution is -2.13. The number of ether oxygens (including phenoxy) is 1. The largest absolute Gasteiger partial charge is 0.426 e. The van der Waals surface area contributed by atoms with Crippen molar-refractivity contribution in [3.8, 4) is 5.75 Å². The van der Waals surface area contributed by atoms with E-state index in [9.17, 15) is 4.79 Å². The highest BCUT2D eigenvalue weighted by Gasteiger charge is 2.02. The van der Waals surface area contributed by atoms with Crippen LogP contribution in [0.5, 0.6) is 5.75 Å². The molecule has 0 aliphatic carbocycles. The van der Waals surface area contributed by atoms with Crippen molar-refractivity contribution in [3.05, 3.63) is 28.7 Å². The first kappa shape index (κ1) is 10.2. The lowest BCUT2D eigenvalue weighted by molar-refractivity contribution is -0.134. The first-order valence-corrected chi connectivity index (χ1v) is 4.68. The van der Waals surface area contributed by atoms with E-state index in [-0.39, 0.29) is 12.4 Å². The Morgan fingerprint density at radius 2 is 2.31 bits per heavy atom. The molecule has 0 saturated heterocycles. The average Bonchev–Trinajstić information content (AvgIpc) is 2.04. The fourth-order valence-corrected chi connectivity index (χ4v) is 1.21. The van der Waals surface area contributed by atoms with Crippen molar-refractivity contribution in [2.24, 2.45) is 5.73 Å². The van der Waals surface area contributed by atoms with Crippen molar-refractivity contribution in [2.45, 2.75) is 6.42 Å². The lowest BCUT2D eigenvalue weighted by Gasteiger charge is -2.02. The molecular formula is C9H10BrNO2. The molecule has 1 aromatic rings. The Hall–Kier alpha value is -0.870. The molecule has 13 heavy (non-hydrogen) atoms. The van der Waals surface area contributed by atoms with Crippen molar-refractivity contribution in [2.75, 3.05) is 6.54 Å². The molecule has 0 aliphatic heterocycles. The van der Waals surface area contributed by atoms with Crippen molar-refractivity contribution >= 4 is 21.9 Å². The summed E-state index contributed by atoms with van der Waals surface area (Å²) in [5.74, 6) is 0.230. The highest BCUT2D eigenvalue weighted by atomic mass is 79.9. The van der Waals surface area contributed by atoms with Crippen LogP contribution in [-0.4, -0.2) is 12.5 Å². The van der Waals surface area contributed by atoms with Crippen LogP contribution in [0.4, 0.5) is 0 Å². The zero-order valence-electron chi connectivity index (χ0n) is 7.00. The highest BCUT2D eigenvalue weighted by Crippen LogP contribution is 2.17. The van der Waals surface area contributed by atoms with Gasteiger partial charge >= 0.3 is 5.97 Å². The van der Waals surface area contributed by atoms with Gasteiger partial charge in [0.05, 0.1) is 6.42 Å². The number of halogens is 1. The van der Waals surface area contributed by atoms with Crippen LogP contribution in [0.2, 0.25) is 0 Å². The molecule has 1 aromatic carbocycles. The number of benzene rings is 1. The van der Waals surface area contributed by atoms with Crippen LogP contribution < -0.4 is 10.5 Å². The van der Waals surface area contributed by atoms with Crippen molar-refractivity contribution in [1.29, 1.82) is 0 Å². The van der Waals surface area contributed by atoms with Gasteiger partial charge in [0, 0.05) is 11.0 Å². The molecule has 0 radical (unpaired) electrons. The summed E-state index contributed by atoms with van der Waals surface area (Å²) < 4.78 is 5.87. The fourth-order valence-electron chi connectivity index (χ4n) is 0.831. The predicted octanol–water partition coefficient (Wildman–Crippen LogP) is 1.70. The molecule has 0 amide bonds. The SMILES string of the molecule is NCCC(=O)Oc1cccc(Br)c1. The molecule has 70 valence electrons. The molecule has 0 atom stereocenters. The zero-order chi connectivity index (χ0) is 9.68. The molecule has 3 nitrogen and oxygen atoms in total. The molecule has 0 spiro atoms. The number of hydrogen-bond acceptors (Lipinski definition) is 3. The second-order valence-electron chi connectivity index (χ2n) is 2.47. The summed E-state index contributed by atoms with van der Waals surface area (Å²) in [6.07, 6.45) is 0.243. The van der Waals surface area contributed by atoms with E-state index in [1.54, 1.807) is 18.2 Å². The molecule has 0 bridgehead atoms. The number of rotatable bonds is 3. The average molecular weight is 244 g/mol. The second kappa shape index (κ2) is 4.99. The summed E-state index contributed by atoms with van der Waals surface area (Å²) in [6.45, 7) is 0.312. The van der Waals surface area contributed by atoms with Gasteiger partial charge in [0.1, 0.15) is 5.75 Å². The quantitative estimate of drug-likeness (QED) is 0.650. The number of nitrogens with two attached hydrogens (primary N) is 1. The van der Waals surface area contributed by atoms with Gasteiger partial charge in [-0.3, -0.25) is 4.79 Å². The van der Waals surface area contributed by atoms with Crippen LogP contribution in [0.1, 0.15) is 6.42 Å². The Morgan fingerprint density at radius 3 is 2.92 bits per heavy atom. The van der Waals surface area contributed by atoms with Crippen LogP contribution in [0.3, 0.4) is 0 Å². The third-order valence-corrected chi connectivity index (χ3v) is 1.87. The Kier molecular flexibility index (Phi) is 3.92. The first-order chi connectivity index (χ1) is 6.22. The van der Waals surface area contributed by atoms with Gasteiger partial charge in [-0.15, -0.1) is 0 Å². The van der Waals surface area contributed by atoms with E-state index in [4.69, 9.17) is 10.5 Å². The standard InChI is InChI=1S/C9H10BrNO2/c10-7-2-1-3-8(6-7)13-9(12)4-5-11/h1-3,6H,4-5,11H2. The van der Waals surface area contributed by atoms with E-state index in [0.29, 0.717) is 12.3 Å². The Morgan fingerprint density at radius 1 is 1.54 bits per heavy atom. The van der Waals surface area contributed by atoms with E-state index in [1.165, 1.54) is 0 Å². The van der Waals surface area contributed by atoms with Crippen LogP contribution >= 0.6 is 15.9 Å². The Bertz CT molecular complexity index is 301. The highest BCUT2D eigenvalue weighted by molar-refractivity contribution is 9.10.